The number of hydrogen-bond acceptors (Lipinski definition) is 3. The van der Waals surface area contributed by atoms with Crippen molar-refractivity contribution in [3.8, 4) is 17.3 Å². The van der Waals surface area contributed by atoms with E-state index < -0.39 is 0 Å². The molecule has 0 bridgehead atoms. The Morgan fingerprint density at radius 1 is 1.40 bits per heavy atom. The minimum Gasteiger partial charge on any atom is -0.256 e. The zero-order valence-corrected chi connectivity index (χ0v) is 9.16. The Bertz CT molecular complexity index is 465. The van der Waals surface area contributed by atoms with E-state index in [9.17, 15) is 0 Å². The predicted molar refractivity (Wildman–Crippen MR) is 61.6 cm³/mol. The van der Waals surface area contributed by atoms with E-state index in [1.165, 1.54) is 0 Å². The van der Waals surface area contributed by atoms with Crippen molar-refractivity contribution in [3.63, 3.8) is 0 Å². The van der Waals surface area contributed by atoms with Crippen LogP contribution >= 0.6 is 11.3 Å². The average molecular weight is 214 g/mol. The number of hydrogen-bond donors (Lipinski definition) is 0. The molecule has 0 aliphatic rings. The molecule has 1 atom stereocenters. The molecule has 0 radical (unpaired) electrons. The van der Waals surface area contributed by atoms with Gasteiger partial charge in [-0.2, -0.15) is 16.6 Å². The minimum atomic E-state index is -0.0889. The fraction of sp³-hybridized carbons (Fsp3) is 0.167. The van der Waals surface area contributed by atoms with Crippen LogP contribution in [0.5, 0.6) is 0 Å². The molecule has 2 nitrogen and oxygen atoms in total. The third-order valence-corrected chi connectivity index (χ3v) is 2.98. The molecule has 0 aliphatic carbocycles. The lowest BCUT2D eigenvalue weighted by atomic mass is 10.0. The predicted octanol–water partition coefficient (Wildman–Crippen LogP) is 3.44. The molecule has 0 spiro atoms. The SMILES string of the molecule is CC(C#N)c1ccc(-c2ccsc2)nc1. The van der Waals surface area contributed by atoms with Crippen molar-refractivity contribution in [2.24, 2.45) is 0 Å². The highest BCUT2D eigenvalue weighted by molar-refractivity contribution is 7.08. The van der Waals surface area contributed by atoms with Crippen molar-refractivity contribution in [1.82, 2.24) is 4.98 Å². The summed E-state index contributed by atoms with van der Waals surface area (Å²) in [5, 5.41) is 12.9. The summed E-state index contributed by atoms with van der Waals surface area (Å²) >= 11 is 1.66. The first-order valence-corrected chi connectivity index (χ1v) is 5.63. The van der Waals surface area contributed by atoms with Gasteiger partial charge < -0.3 is 0 Å². The lowest BCUT2D eigenvalue weighted by Gasteiger charge is -2.02. The molecule has 2 rings (SSSR count). The second-order valence-electron chi connectivity index (χ2n) is 3.34. The Balaban J connectivity index is 2.30. The van der Waals surface area contributed by atoms with Gasteiger partial charge in [0.2, 0.25) is 0 Å². The minimum absolute atomic E-state index is 0.0889. The zero-order chi connectivity index (χ0) is 10.7. The molecular formula is C12H10N2S. The standard InChI is InChI=1S/C12H10N2S/c1-9(6-13)10-2-3-12(14-7-10)11-4-5-15-8-11/h2-5,7-9H,1H3. The second kappa shape index (κ2) is 4.24. The molecule has 0 aliphatic heterocycles. The van der Waals surface area contributed by atoms with Crippen molar-refractivity contribution in [3.05, 3.63) is 40.7 Å². The maximum Gasteiger partial charge on any atom is 0.0710 e. The monoisotopic (exact) mass is 214 g/mol. The summed E-state index contributed by atoms with van der Waals surface area (Å²) < 4.78 is 0. The lowest BCUT2D eigenvalue weighted by molar-refractivity contribution is 0.968. The first-order valence-electron chi connectivity index (χ1n) is 4.69. The Hall–Kier alpha value is -1.66. The van der Waals surface area contributed by atoms with E-state index in [0.29, 0.717) is 0 Å². The van der Waals surface area contributed by atoms with Crippen LogP contribution in [0.3, 0.4) is 0 Å². The first-order chi connectivity index (χ1) is 7.31. The van der Waals surface area contributed by atoms with Crippen molar-refractivity contribution in [2.75, 3.05) is 0 Å². The van der Waals surface area contributed by atoms with Gasteiger partial charge in [0, 0.05) is 17.1 Å². The molecule has 0 fully saturated rings. The van der Waals surface area contributed by atoms with Gasteiger partial charge in [-0.25, -0.2) is 0 Å². The van der Waals surface area contributed by atoms with E-state index in [0.717, 1.165) is 16.8 Å². The van der Waals surface area contributed by atoms with Gasteiger partial charge in [-0.15, -0.1) is 0 Å². The van der Waals surface area contributed by atoms with E-state index in [-0.39, 0.29) is 5.92 Å². The third-order valence-electron chi connectivity index (χ3n) is 2.30. The van der Waals surface area contributed by atoms with Gasteiger partial charge >= 0.3 is 0 Å². The normalized spacial score (nSPS) is 12.0. The molecule has 0 saturated heterocycles. The Kier molecular flexibility index (Phi) is 2.79. The van der Waals surface area contributed by atoms with Gasteiger partial charge in [0.05, 0.1) is 17.7 Å². The van der Waals surface area contributed by atoms with Gasteiger partial charge in [0.15, 0.2) is 0 Å². The van der Waals surface area contributed by atoms with Gasteiger partial charge in [-0.05, 0) is 30.0 Å². The molecule has 74 valence electrons. The Morgan fingerprint density at radius 2 is 2.27 bits per heavy atom. The van der Waals surface area contributed by atoms with Crippen LogP contribution in [0.15, 0.2) is 35.2 Å². The van der Waals surface area contributed by atoms with Crippen molar-refractivity contribution in [1.29, 1.82) is 5.26 Å². The molecule has 0 amide bonds. The molecule has 1 unspecified atom stereocenters. The van der Waals surface area contributed by atoms with Crippen molar-refractivity contribution >= 4 is 11.3 Å². The molecular weight excluding hydrogens is 204 g/mol. The van der Waals surface area contributed by atoms with E-state index in [1.807, 2.05) is 30.5 Å². The maximum absolute atomic E-state index is 8.77. The highest BCUT2D eigenvalue weighted by atomic mass is 32.1. The first kappa shape index (κ1) is 9.88. The zero-order valence-electron chi connectivity index (χ0n) is 8.34. The molecule has 2 aromatic heterocycles. The van der Waals surface area contributed by atoms with Crippen LogP contribution in [0.2, 0.25) is 0 Å². The summed E-state index contributed by atoms with van der Waals surface area (Å²) in [6.45, 7) is 1.88. The third kappa shape index (κ3) is 2.05. The van der Waals surface area contributed by atoms with Gasteiger partial charge in [-0.3, -0.25) is 4.98 Å². The lowest BCUT2D eigenvalue weighted by Crippen LogP contribution is -1.91. The average Bonchev–Trinajstić information content (AvgIpc) is 2.82. The molecule has 2 aromatic rings. The number of nitrogens with zero attached hydrogens (tertiary/aromatic N) is 2. The number of rotatable bonds is 2. The van der Waals surface area contributed by atoms with Crippen LogP contribution in [-0.2, 0) is 0 Å². The fourth-order valence-electron chi connectivity index (χ4n) is 1.32. The highest BCUT2D eigenvalue weighted by Crippen LogP contribution is 2.21. The molecule has 15 heavy (non-hydrogen) atoms. The number of pyridine rings is 1. The van der Waals surface area contributed by atoms with E-state index >= 15 is 0 Å². The molecule has 0 N–H and O–H groups in total. The number of nitriles is 1. The smallest absolute Gasteiger partial charge is 0.0710 e. The van der Waals surface area contributed by atoms with Gasteiger partial charge in [0.1, 0.15) is 0 Å². The summed E-state index contributed by atoms with van der Waals surface area (Å²) in [5.74, 6) is -0.0889. The van der Waals surface area contributed by atoms with E-state index in [4.69, 9.17) is 5.26 Å². The van der Waals surface area contributed by atoms with Crippen LogP contribution in [0, 0.1) is 11.3 Å². The van der Waals surface area contributed by atoms with Crippen LogP contribution in [0.4, 0.5) is 0 Å². The highest BCUT2D eigenvalue weighted by Gasteiger charge is 2.05. The molecule has 0 aromatic carbocycles. The van der Waals surface area contributed by atoms with Crippen LogP contribution < -0.4 is 0 Å². The number of thiophene rings is 1. The number of aromatic nitrogens is 1. The molecule has 0 saturated carbocycles. The van der Waals surface area contributed by atoms with Gasteiger partial charge in [-0.1, -0.05) is 6.07 Å². The second-order valence-corrected chi connectivity index (χ2v) is 4.12. The topological polar surface area (TPSA) is 36.7 Å². The molecule has 2 heterocycles. The van der Waals surface area contributed by atoms with Crippen LogP contribution in [0.1, 0.15) is 18.4 Å². The molecule has 3 heteroatoms. The summed E-state index contributed by atoms with van der Waals surface area (Å²) in [6.07, 6.45) is 1.78. The van der Waals surface area contributed by atoms with Crippen LogP contribution in [0.25, 0.3) is 11.3 Å². The van der Waals surface area contributed by atoms with Crippen molar-refractivity contribution in [2.45, 2.75) is 12.8 Å². The van der Waals surface area contributed by atoms with E-state index in [2.05, 4.69) is 16.4 Å². The van der Waals surface area contributed by atoms with Gasteiger partial charge in [0.25, 0.3) is 0 Å². The summed E-state index contributed by atoms with van der Waals surface area (Å²) in [7, 11) is 0. The Morgan fingerprint density at radius 3 is 2.80 bits per heavy atom. The summed E-state index contributed by atoms with van der Waals surface area (Å²) in [6, 6.07) is 8.17. The van der Waals surface area contributed by atoms with Crippen LogP contribution in [-0.4, -0.2) is 4.98 Å². The quantitative estimate of drug-likeness (QED) is 0.767. The summed E-state index contributed by atoms with van der Waals surface area (Å²) in [4.78, 5) is 4.35. The maximum atomic E-state index is 8.77. The van der Waals surface area contributed by atoms with Crippen molar-refractivity contribution < 1.29 is 0 Å². The largest absolute Gasteiger partial charge is 0.256 e. The van der Waals surface area contributed by atoms with E-state index in [1.54, 1.807) is 17.5 Å². The Labute approximate surface area is 92.8 Å². The summed E-state index contributed by atoms with van der Waals surface area (Å²) in [5.41, 5.74) is 3.07. The fourth-order valence-corrected chi connectivity index (χ4v) is 1.97.